The molecule has 0 saturated heterocycles. The van der Waals surface area contributed by atoms with Crippen LogP contribution in [-0.4, -0.2) is 60.1 Å². The molecule has 3 amide bonds. The van der Waals surface area contributed by atoms with Crippen LogP contribution in [0, 0.1) is 5.92 Å². The molecule has 0 aliphatic carbocycles. The van der Waals surface area contributed by atoms with E-state index in [0.717, 1.165) is 0 Å². The topological polar surface area (TPSA) is 114 Å². The number of carbonyl (C=O) groups is 4. The van der Waals surface area contributed by atoms with Crippen LogP contribution in [0.3, 0.4) is 0 Å². The van der Waals surface area contributed by atoms with E-state index in [2.05, 4.69) is 15.4 Å². The van der Waals surface area contributed by atoms with Crippen LogP contribution < -0.4 is 10.6 Å². The molecule has 0 bridgehead atoms. The van der Waals surface area contributed by atoms with Gasteiger partial charge >= 0.3 is 12.1 Å². The van der Waals surface area contributed by atoms with E-state index in [4.69, 9.17) is 4.74 Å². The lowest BCUT2D eigenvalue weighted by atomic mass is 9.97. The SMILES string of the molecule is CCC(C)N(C(=O)C(CC(C)C)NC(=O)OC(C)(C)C)C(C(=O)NCC(=O)OC)c1ccccc1. The van der Waals surface area contributed by atoms with Gasteiger partial charge in [-0.25, -0.2) is 4.79 Å². The Hall–Kier alpha value is -3.10. The Bertz CT molecular complexity index is 850. The van der Waals surface area contributed by atoms with Crippen molar-refractivity contribution in [1.29, 1.82) is 0 Å². The van der Waals surface area contributed by atoms with Crippen molar-refractivity contribution < 1.29 is 28.7 Å². The van der Waals surface area contributed by atoms with Crippen molar-refractivity contribution in [3.05, 3.63) is 35.9 Å². The molecular formula is C26H41N3O6. The van der Waals surface area contributed by atoms with E-state index < -0.39 is 41.6 Å². The summed E-state index contributed by atoms with van der Waals surface area (Å²) < 4.78 is 10.0. The molecule has 0 saturated carbocycles. The van der Waals surface area contributed by atoms with Crippen molar-refractivity contribution in [2.24, 2.45) is 5.92 Å². The number of ether oxygens (including phenoxy) is 2. The summed E-state index contributed by atoms with van der Waals surface area (Å²) in [6.45, 7) is 12.6. The quantitative estimate of drug-likeness (QED) is 0.457. The number of rotatable bonds is 11. The smallest absolute Gasteiger partial charge is 0.408 e. The highest BCUT2D eigenvalue weighted by Crippen LogP contribution is 2.27. The maximum Gasteiger partial charge on any atom is 0.408 e. The Morgan fingerprint density at radius 3 is 2.11 bits per heavy atom. The molecule has 3 unspecified atom stereocenters. The zero-order valence-electron chi connectivity index (χ0n) is 22.2. The third-order valence-corrected chi connectivity index (χ3v) is 5.29. The van der Waals surface area contributed by atoms with Gasteiger partial charge in [0.1, 0.15) is 24.2 Å². The van der Waals surface area contributed by atoms with E-state index in [0.29, 0.717) is 18.4 Å². The molecular weight excluding hydrogens is 450 g/mol. The number of nitrogens with one attached hydrogen (secondary N) is 2. The number of hydrogen-bond donors (Lipinski definition) is 2. The van der Waals surface area contributed by atoms with Crippen molar-refractivity contribution in [3.8, 4) is 0 Å². The van der Waals surface area contributed by atoms with Crippen molar-refractivity contribution >= 4 is 23.9 Å². The van der Waals surface area contributed by atoms with Crippen LogP contribution in [0.2, 0.25) is 0 Å². The van der Waals surface area contributed by atoms with Crippen LogP contribution in [0.5, 0.6) is 0 Å². The number of alkyl carbamates (subject to hydrolysis) is 1. The van der Waals surface area contributed by atoms with Gasteiger partial charge in [-0.3, -0.25) is 14.4 Å². The summed E-state index contributed by atoms with van der Waals surface area (Å²) in [4.78, 5) is 53.1. The first-order chi connectivity index (χ1) is 16.3. The maximum atomic E-state index is 14.0. The van der Waals surface area contributed by atoms with Crippen molar-refractivity contribution in [2.45, 2.75) is 85.0 Å². The van der Waals surface area contributed by atoms with Gasteiger partial charge in [0.05, 0.1) is 7.11 Å². The second-order valence-electron chi connectivity index (χ2n) is 9.94. The summed E-state index contributed by atoms with van der Waals surface area (Å²) >= 11 is 0. The molecule has 0 heterocycles. The highest BCUT2D eigenvalue weighted by Gasteiger charge is 2.38. The van der Waals surface area contributed by atoms with Gasteiger partial charge in [0.15, 0.2) is 0 Å². The minimum atomic E-state index is -1.02. The molecule has 35 heavy (non-hydrogen) atoms. The highest BCUT2D eigenvalue weighted by atomic mass is 16.6. The standard InChI is InChI=1S/C26H41N3O6/c1-9-18(4)29(24(32)20(15-17(2)3)28-25(33)35-26(5,6)7)22(19-13-11-10-12-14-19)23(31)27-16-21(30)34-8/h10-14,17-18,20,22H,9,15-16H2,1-8H3,(H,27,31)(H,28,33). The summed E-state index contributed by atoms with van der Waals surface area (Å²) in [5.74, 6) is -1.44. The number of amides is 3. The van der Waals surface area contributed by atoms with Gasteiger partial charge in [-0.15, -0.1) is 0 Å². The maximum absolute atomic E-state index is 14.0. The van der Waals surface area contributed by atoms with Gasteiger partial charge in [-0.2, -0.15) is 0 Å². The largest absolute Gasteiger partial charge is 0.468 e. The fraction of sp³-hybridized carbons (Fsp3) is 0.615. The van der Waals surface area contributed by atoms with Gasteiger partial charge < -0.3 is 25.0 Å². The predicted octanol–water partition coefficient (Wildman–Crippen LogP) is 3.58. The normalized spacial score (nSPS) is 13.9. The Kier molecular flexibility index (Phi) is 11.7. The minimum Gasteiger partial charge on any atom is -0.468 e. The van der Waals surface area contributed by atoms with Gasteiger partial charge in [-0.05, 0) is 52.0 Å². The number of hydrogen-bond acceptors (Lipinski definition) is 6. The van der Waals surface area contributed by atoms with Crippen LogP contribution in [0.4, 0.5) is 4.79 Å². The number of methoxy groups -OCH3 is 1. The van der Waals surface area contributed by atoms with E-state index >= 15 is 0 Å². The van der Waals surface area contributed by atoms with Crippen molar-refractivity contribution in [1.82, 2.24) is 15.5 Å². The summed E-state index contributed by atoms with van der Waals surface area (Å²) in [7, 11) is 1.23. The first-order valence-electron chi connectivity index (χ1n) is 12.0. The number of esters is 1. The third-order valence-electron chi connectivity index (χ3n) is 5.29. The molecule has 0 aliphatic rings. The van der Waals surface area contributed by atoms with Crippen molar-refractivity contribution in [2.75, 3.05) is 13.7 Å². The number of carbonyl (C=O) groups excluding carboxylic acids is 4. The van der Waals surface area contributed by atoms with Gasteiger partial charge in [-0.1, -0.05) is 51.1 Å². The lowest BCUT2D eigenvalue weighted by Gasteiger charge is -2.38. The molecule has 196 valence electrons. The molecule has 9 nitrogen and oxygen atoms in total. The van der Waals surface area contributed by atoms with E-state index in [1.165, 1.54) is 12.0 Å². The molecule has 0 fully saturated rings. The van der Waals surface area contributed by atoms with Gasteiger partial charge in [0.2, 0.25) is 11.8 Å². The molecule has 2 N–H and O–H groups in total. The lowest BCUT2D eigenvalue weighted by Crippen LogP contribution is -2.56. The Labute approximate surface area is 208 Å². The Morgan fingerprint density at radius 2 is 1.63 bits per heavy atom. The van der Waals surface area contributed by atoms with Crippen LogP contribution in [0.15, 0.2) is 30.3 Å². The summed E-state index contributed by atoms with van der Waals surface area (Å²) in [6, 6.07) is 6.62. The molecule has 1 aromatic carbocycles. The first-order valence-corrected chi connectivity index (χ1v) is 12.0. The van der Waals surface area contributed by atoms with E-state index in [1.54, 1.807) is 45.0 Å². The molecule has 3 atom stereocenters. The molecule has 1 aromatic rings. The molecule has 0 aromatic heterocycles. The second-order valence-corrected chi connectivity index (χ2v) is 9.94. The molecule has 0 spiro atoms. The van der Waals surface area contributed by atoms with E-state index in [1.807, 2.05) is 33.8 Å². The summed E-state index contributed by atoms with van der Waals surface area (Å²) in [6.07, 6.45) is 0.225. The fourth-order valence-electron chi connectivity index (χ4n) is 3.52. The molecule has 1 rings (SSSR count). The van der Waals surface area contributed by atoms with Gasteiger partial charge in [0.25, 0.3) is 0 Å². The fourth-order valence-corrected chi connectivity index (χ4v) is 3.52. The Morgan fingerprint density at radius 1 is 1.03 bits per heavy atom. The molecule has 0 radical (unpaired) electrons. The monoisotopic (exact) mass is 491 g/mol. The van der Waals surface area contributed by atoms with Crippen LogP contribution in [0.25, 0.3) is 0 Å². The van der Waals surface area contributed by atoms with Crippen LogP contribution in [-0.2, 0) is 23.9 Å². The first kappa shape index (κ1) is 29.9. The predicted molar refractivity (Wildman–Crippen MR) is 133 cm³/mol. The lowest BCUT2D eigenvalue weighted by molar-refractivity contribution is -0.146. The second kappa shape index (κ2) is 13.7. The number of nitrogens with zero attached hydrogens (tertiary/aromatic N) is 1. The van der Waals surface area contributed by atoms with Crippen LogP contribution in [0.1, 0.15) is 72.9 Å². The van der Waals surface area contributed by atoms with Crippen molar-refractivity contribution in [3.63, 3.8) is 0 Å². The minimum absolute atomic E-state index is 0.0843. The van der Waals surface area contributed by atoms with E-state index in [-0.39, 0.29) is 18.5 Å². The zero-order chi connectivity index (χ0) is 26.8. The molecule has 0 aliphatic heterocycles. The molecule has 9 heteroatoms. The van der Waals surface area contributed by atoms with E-state index in [9.17, 15) is 19.2 Å². The number of benzene rings is 1. The highest BCUT2D eigenvalue weighted by molar-refractivity contribution is 5.93. The van der Waals surface area contributed by atoms with Crippen LogP contribution >= 0.6 is 0 Å². The third kappa shape index (κ3) is 9.96. The summed E-state index contributed by atoms with van der Waals surface area (Å²) in [5, 5.41) is 5.29. The Balaban J connectivity index is 3.44. The zero-order valence-corrected chi connectivity index (χ0v) is 22.2. The average Bonchev–Trinajstić information content (AvgIpc) is 2.78. The van der Waals surface area contributed by atoms with Gasteiger partial charge in [0, 0.05) is 6.04 Å². The summed E-state index contributed by atoms with van der Waals surface area (Å²) in [5.41, 5.74) is -0.143. The average molecular weight is 492 g/mol.